The predicted octanol–water partition coefficient (Wildman–Crippen LogP) is 3.01. The molecule has 0 unspecified atom stereocenters. The van der Waals surface area contributed by atoms with Gasteiger partial charge < -0.3 is 10.1 Å². The van der Waals surface area contributed by atoms with Crippen molar-refractivity contribution >= 4 is 5.91 Å². The first kappa shape index (κ1) is 16.7. The summed E-state index contributed by atoms with van der Waals surface area (Å²) in [4.78, 5) is 12.2. The minimum Gasteiger partial charge on any atom is -0.494 e. The molecule has 0 saturated heterocycles. The van der Waals surface area contributed by atoms with E-state index in [1.165, 1.54) is 19.4 Å². The summed E-state index contributed by atoms with van der Waals surface area (Å²) >= 11 is 0. The van der Waals surface area contributed by atoms with Crippen LogP contribution in [-0.2, 0) is 13.1 Å². The van der Waals surface area contributed by atoms with Crippen molar-refractivity contribution in [3.05, 3.63) is 83.4 Å². The fourth-order valence-electron chi connectivity index (χ4n) is 2.47. The zero-order valence-electron chi connectivity index (χ0n) is 13.8. The molecule has 0 aliphatic carbocycles. The number of nitrogens with zero attached hydrogens (tertiary/aromatic N) is 2. The summed E-state index contributed by atoms with van der Waals surface area (Å²) in [5, 5.41) is 6.89. The van der Waals surface area contributed by atoms with Crippen LogP contribution >= 0.6 is 0 Å². The second kappa shape index (κ2) is 7.61. The van der Waals surface area contributed by atoms with Gasteiger partial charge in [0.05, 0.1) is 25.4 Å². The lowest BCUT2D eigenvalue weighted by Gasteiger charge is -2.08. The minimum atomic E-state index is -0.468. The second-order valence-electron chi connectivity index (χ2n) is 5.53. The third-order valence-electron chi connectivity index (χ3n) is 3.79. The number of benzene rings is 2. The number of nitrogens with one attached hydrogen (secondary N) is 1. The molecule has 2 aromatic carbocycles. The molecular weight excluding hydrogens is 321 g/mol. The number of methoxy groups -OCH3 is 1. The zero-order chi connectivity index (χ0) is 17.6. The molecule has 1 heterocycles. The van der Waals surface area contributed by atoms with Crippen LogP contribution in [0.25, 0.3) is 0 Å². The summed E-state index contributed by atoms with van der Waals surface area (Å²) in [6, 6.07) is 14.7. The summed E-state index contributed by atoms with van der Waals surface area (Å²) in [5.41, 5.74) is 1.89. The molecule has 6 heteroatoms. The van der Waals surface area contributed by atoms with Crippen molar-refractivity contribution in [3.63, 3.8) is 0 Å². The number of aromatic nitrogens is 2. The molecule has 0 fully saturated rings. The van der Waals surface area contributed by atoms with E-state index >= 15 is 0 Å². The number of halogens is 1. The van der Waals surface area contributed by atoms with E-state index in [0.29, 0.717) is 17.7 Å². The largest absolute Gasteiger partial charge is 0.494 e. The molecule has 0 atom stereocenters. The van der Waals surface area contributed by atoms with Crippen LogP contribution < -0.4 is 10.1 Å². The Kier molecular flexibility index (Phi) is 5.09. The average molecular weight is 339 g/mol. The average Bonchev–Trinajstić information content (AvgIpc) is 3.10. The van der Waals surface area contributed by atoms with Crippen LogP contribution in [0, 0.1) is 5.82 Å². The van der Waals surface area contributed by atoms with Crippen LogP contribution in [-0.4, -0.2) is 22.8 Å². The molecule has 0 aliphatic rings. The summed E-state index contributed by atoms with van der Waals surface area (Å²) in [5.74, 6) is -0.617. The van der Waals surface area contributed by atoms with Gasteiger partial charge in [-0.3, -0.25) is 9.48 Å². The third-order valence-corrected chi connectivity index (χ3v) is 3.79. The van der Waals surface area contributed by atoms with Gasteiger partial charge in [0, 0.05) is 18.3 Å². The number of rotatable bonds is 6. The number of amides is 1. The van der Waals surface area contributed by atoms with E-state index in [0.717, 1.165) is 5.56 Å². The van der Waals surface area contributed by atoms with Gasteiger partial charge in [0.1, 0.15) is 0 Å². The van der Waals surface area contributed by atoms with Gasteiger partial charge in [-0.2, -0.15) is 5.10 Å². The molecule has 5 nitrogen and oxygen atoms in total. The molecule has 1 amide bonds. The maximum Gasteiger partial charge on any atom is 0.254 e. The number of carbonyl (C=O) groups is 1. The van der Waals surface area contributed by atoms with E-state index in [9.17, 15) is 9.18 Å². The predicted molar refractivity (Wildman–Crippen MR) is 91.9 cm³/mol. The SMILES string of the molecule is COc1cccc(CNC(=O)c2cnn(Cc3ccccc3)c2)c1F. The summed E-state index contributed by atoms with van der Waals surface area (Å²) in [6.07, 6.45) is 3.17. The summed E-state index contributed by atoms with van der Waals surface area (Å²) in [7, 11) is 1.40. The van der Waals surface area contributed by atoms with Crippen LogP contribution in [0.4, 0.5) is 4.39 Å². The fraction of sp³-hybridized carbons (Fsp3) is 0.158. The van der Waals surface area contributed by atoms with E-state index in [1.54, 1.807) is 23.0 Å². The monoisotopic (exact) mass is 339 g/mol. The van der Waals surface area contributed by atoms with E-state index in [2.05, 4.69) is 10.4 Å². The highest BCUT2D eigenvalue weighted by atomic mass is 19.1. The number of ether oxygens (including phenoxy) is 1. The zero-order valence-corrected chi connectivity index (χ0v) is 13.8. The Balaban J connectivity index is 1.62. The van der Waals surface area contributed by atoms with Crippen molar-refractivity contribution in [3.8, 4) is 5.75 Å². The molecule has 3 aromatic rings. The van der Waals surface area contributed by atoms with Crippen molar-refractivity contribution in [2.24, 2.45) is 0 Å². The van der Waals surface area contributed by atoms with Crippen LogP contribution in [0.15, 0.2) is 60.9 Å². The highest BCUT2D eigenvalue weighted by Gasteiger charge is 2.12. The Morgan fingerprint density at radius 2 is 2.00 bits per heavy atom. The molecule has 0 radical (unpaired) electrons. The maximum atomic E-state index is 14.1. The highest BCUT2D eigenvalue weighted by molar-refractivity contribution is 5.93. The lowest BCUT2D eigenvalue weighted by Crippen LogP contribution is -2.23. The molecule has 0 bridgehead atoms. The Bertz CT molecular complexity index is 862. The summed E-state index contributed by atoms with van der Waals surface area (Å²) < 4.78 is 20.7. The Morgan fingerprint density at radius 1 is 1.20 bits per heavy atom. The second-order valence-corrected chi connectivity index (χ2v) is 5.53. The molecule has 0 spiro atoms. The van der Waals surface area contributed by atoms with Crippen LogP contribution in [0.5, 0.6) is 5.75 Å². The first-order valence-corrected chi connectivity index (χ1v) is 7.83. The lowest BCUT2D eigenvalue weighted by atomic mass is 10.2. The van der Waals surface area contributed by atoms with Crippen molar-refractivity contribution in [1.29, 1.82) is 0 Å². The normalized spacial score (nSPS) is 10.5. The van der Waals surface area contributed by atoms with Gasteiger partial charge in [0.15, 0.2) is 11.6 Å². The molecule has 25 heavy (non-hydrogen) atoms. The van der Waals surface area contributed by atoms with Crippen molar-refractivity contribution in [2.75, 3.05) is 7.11 Å². The van der Waals surface area contributed by atoms with Gasteiger partial charge in [-0.25, -0.2) is 4.39 Å². The van der Waals surface area contributed by atoms with Crippen LogP contribution in [0.1, 0.15) is 21.5 Å². The van der Waals surface area contributed by atoms with Crippen molar-refractivity contribution < 1.29 is 13.9 Å². The number of hydrogen-bond acceptors (Lipinski definition) is 3. The van der Waals surface area contributed by atoms with Crippen LogP contribution in [0.2, 0.25) is 0 Å². The van der Waals surface area contributed by atoms with Gasteiger partial charge in [-0.1, -0.05) is 42.5 Å². The lowest BCUT2D eigenvalue weighted by molar-refractivity contribution is 0.0950. The fourth-order valence-corrected chi connectivity index (χ4v) is 2.47. The van der Waals surface area contributed by atoms with Gasteiger partial charge in [0.2, 0.25) is 0 Å². The molecular formula is C19H18FN3O2. The van der Waals surface area contributed by atoms with Gasteiger partial charge in [-0.05, 0) is 11.6 Å². The van der Waals surface area contributed by atoms with Gasteiger partial charge in [0.25, 0.3) is 5.91 Å². The summed E-state index contributed by atoms with van der Waals surface area (Å²) in [6.45, 7) is 0.657. The minimum absolute atomic E-state index is 0.0751. The Hall–Kier alpha value is -3.15. The molecule has 3 rings (SSSR count). The van der Waals surface area contributed by atoms with E-state index in [-0.39, 0.29) is 18.2 Å². The van der Waals surface area contributed by atoms with Crippen molar-refractivity contribution in [2.45, 2.75) is 13.1 Å². The van der Waals surface area contributed by atoms with E-state index in [1.807, 2.05) is 30.3 Å². The molecule has 0 aliphatic heterocycles. The van der Waals surface area contributed by atoms with Gasteiger partial charge >= 0.3 is 0 Å². The topological polar surface area (TPSA) is 56.1 Å². The Labute approximate surface area is 145 Å². The molecule has 0 saturated carbocycles. The van der Waals surface area contributed by atoms with E-state index < -0.39 is 5.82 Å². The molecule has 1 N–H and O–H groups in total. The smallest absolute Gasteiger partial charge is 0.254 e. The first-order chi connectivity index (χ1) is 12.2. The van der Waals surface area contributed by atoms with Gasteiger partial charge in [-0.15, -0.1) is 0 Å². The molecule has 1 aromatic heterocycles. The first-order valence-electron chi connectivity index (χ1n) is 7.83. The highest BCUT2D eigenvalue weighted by Crippen LogP contribution is 2.19. The van der Waals surface area contributed by atoms with Crippen LogP contribution in [0.3, 0.4) is 0 Å². The number of carbonyl (C=O) groups excluding carboxylic acids is 1. The van der Waals surface area contributed by atoms with E-state index in [4.69, 9.17) is 4.74 Å². The number of hydrogen-bond donors (Lipinski definition) is 1. The van der Waals surface area contributed by atoms with Crippen molar-refractivity contribution in [1.82, 2.24) is 15.1 Å². The quantitative estimate of drug-likeness (QED) is 0.751. The standard InChI is InChI=1S/C19H18FN3O2/c1-25-17-9-5-8-15(18(17)20)10-21-19(24)16-11-22-23(13-16)12-14-6-3-2-4-7-14/h2-9,11,13H,10,12H2,1H3,(H,21,24). The Morgan fingerprint density at radius 3 is 2.76 bits per heavy atom. The molecule has 128 valence electrons. The third kappa shape index (κ3) is 4.03. The maximum absolute atomic E-state index is 14.1.